The summed E-state index contributed by atoms with van der Waals surface area (Å²) in [6, 6.07) is 0. The highest BCUT2D eigenvalue weighted by Gasteiger charge is 2.26. The molecule has 0 saturated carbocycles. The lowest BCUT2D eigenvalue weighted by atomic mass is 10.1. The molecule has 0 fully saturated rings. The van der Waals surface area contributed by atoms with Gasteiger partial charge in [-0.3, -0.25) is 28.9 Å². The van der Waals surface area contributed by atoms with Gasteiger partial charge < -0.3 is 25.4 Å². The van der Waals surface area contributed by atoms with Gasteiger partial charge in [0.05, 0.1) is 13.2 Å². The van der Waals surface area contributed by atoms with Gasteiger partial charge in [-0.05, 0) is 0 Å². The Morgan fingerprint density at radius 1 is 0.913 bits per heavy atom. The van der Waals surface area contributed by atoms with E-state index in [1.165, 1.54) is 0 Å². The van der Waals surface area contributed by atoms with Gasteiger partial charge in [0.2, 0.25) is 0 Å². The molecule has 2 aromatic heterocycles. The summed E-state index contributed by atoms with van der Waals surface area (Å²) in [7, 11) is 0. The summed E-state index contributed by atoms with van der Waals surface area (Å²) < 4.78 is 0.586. The number of hydrogen-bond acceptors (Lipinski definition) is 8. The second-order valence-corrected chi connectivity index (χ2v) is 4.81. The number of aromatic amines is 3. The van der Waals surface area contributed by atoms with Gasteiger partial charge in [-0.1, -0.05) is 0 Å². The lowest BCUT2D eigenvalue weighted by Gasteiger charge is -2.22. The third-order valence-corrected chi connectivity index (χ3v) is 3.22. The molecule has 12 heteroatoms. The smallest absolute Gasteiger partial charge is 0.327 e. The van der Waals surface area contributed by atoms with E-state index in [1.54, 1.807) is 0 Å². The van der Waals surface area contributed by atoms with E-state index in [0.29, 0.717) is 4.57 Å². The first kappa shape index (κ1) is 16.8. The van der Waals surface area contributed by atoms with Gasteiger partial charge in [0.1, 0.15) is 29.5 Å². The van der Waals surface area contributed by atoms with Gasteiger partial charge in [0.25, 0.3) is 5.56 Å². The van der Waals surface area contributed by atoms with Crippen molar-refractivity contribution >= 4 is 11.2 Å². The molecular formula is C11H14N4O8. The molecule has 2 heterocycles. The third-order valence-electron chi connectivity index (χ3n) is 3.22. The van der Waals surface area contributed by atoms with Crippen LogP contribution in [0.4, 0.5) is 0 Å². The van der Waals surface area contributed by atoms with E-state index < -0.39 is 59.3 Å². The molecule has 0 aliphatic heterocycles. The number of aromatic nitrogens is 4. The molecule has 12 nitrogen and oxygen atoms in total. The molecule has 0 radical (unpaired) electrons. The Morgan fingerprint density at radius 2 is 1.57 bits per heavy atom. The van der Waals surface area contributed by atoms with Crippen LogP contribution in [0.25, 0.3) is 11.2 Å². The maximum Gasteiger partial charge on any atom is 0.327 e. The summed E-state index contributed by atoms with van der Waals surface area (Å²) in [5.74, 6) is 0. The Balaban J connectivity index is 2.62. The fourth-order valence-corrected chi connectivity index (χ4v) is 2.02. The van der Waals surface area contributed by atoms with Crippen LogP contribution in [0.3, 0.4) is 0 Å². The number of aliphatic hydroxyl groups is 4. The molecule has 2 rings (SSSR count). The molecule has 0 saturated heterocycles. The van der Waals surface area contributed by atoms with E-state index >= 15 is 0 Å². The van der Waals surface area contributed by atoms with Crippen molar-refractivity contribution in [1.29, 1.82) is 0 Å². The van der Waals surface area contributed by atoms with Crippen LogP contribution in [0.15, 0.2) is 19.2 Å². The van der Waals surface area contributed by atoms with E-state index in [4.69, 9.17) is 5.11 Å². The lowest BCUT2D eigenvalue weighted by Crippen LogP contribution is -2.46. The Morgan fingerprint density at radius 3 is 2.17 bits per heavy atom. The topological polar surface area (TPSA) is 201 Å². The first-order chi connectivity index (χ1) is 10.8. The van der Waals surface area contributed by atoms with Crippen molar-refractivity contribution in [2.75, 3.05) is 6.61 Å². The van der Waals surface area contributed by atoms with Crippen molar-refractivity contribution in [3.63, 3.8) is 0 Å². The number of aliphatic hydroxyl groups excluding tert-OH is 4. The third kappa shape index (κ3) is 3.14. The molecule has 0 aliphatic carbocycles. The molecule has 0 bridgehead atoms. The van der Waals surface area contributed by atoms with Crippen LogP contribution >= 0.6 is 0 Å². The zero-order valence-electron chi connectivity index (χ0n) is 11.5. The molecule has 126 valence electrons. The number of H-pyrrole nitrogens is 3. The summed E-state index contributed by atoms with van der Waals surface area (Å²) in [5, 5.41) is 37.4. The highest BCUT2D eigenvalue weighted by Crippen LogP contribution is 2.04. The first-order valence-corrected chi connectivity index (χ1v) is 6.40. The number of rotatable bonds is 5. The van der Waals surface area contributed by atoms with E-state index in [2.05, 4.69) is 4.98 Å². The Hall–Kier alpha value is -2.54. The average molecular weight is 330 g/mol. The van der Waals surface area contributed by atoms with Gasteiger partial charge in [0.15, 0.2) is 0 Å². The second kappa shape index (κ2) is 6.29. The first-order valence-electron chi connectivity index (χ1n) is 6.40. The van der Waals surface area contributed by atoms with Crippen LogP contribution < -0.4 is 22.4 Å². The molecular weight excluding hydrogens is 316 g/mol. The molecule has 7 N–H and O–H groups in total. The Bertz CT molecular complexity index is 938. The van der Waals surface area contributed by atoms with Crippen molar-refractivity contribution in [2.24, 2.45) is 0 Å². The minimum atomic E-state index is -1.82. The molecule has 0 aromatic carbocycles. The molecule has 0 amide bonds. The van der Waals surface area contributed by atoms with Gasteiger partial charge in [-0.15, -0.1) is 0 Å². The predicted octanol–water partition coefficient (Wildman–Crippen LogP) is -4.86. The van der Waals surface area contributed by atoms with Crippen molar-refractivity contribution in [3.8, 4) is 0 Å². The van der Waals surface area contributed by atoms with Crippen LogP contribution in [0, 0.1) is 0 Å². The minimum absolute atomic E-state index is 0.368. The maximum absolute atomic E-state index is 11.9. The van der Waals surface area contributed by atoms with Gasteiger partial charge in [-0.25, -0.2) is 4.79 Å². The van der Waals surface area contributed by atoms with E-state index in [0.717, 1.165) is 0 Å². The minimum Gasteiger partial charge on any atom is -0.394 e. The molecule has 3 atom stereocenters. The monoisotopic (exact) mass is 330 g/mol. The predicted molar refractivity (Wildman–Crippen MR) is 75.2 cm³/mol. The standard InChI is InChI=1S/C11H14N4O8/c16-2-4(18)6(19)3(17)1-15-7-5(12-9(21)10(15)22)8(20)14-11(23)13-7/h3-4,6,16-19H,1-2H2,(H,12,21)(H2,13,14,20,23). The van der Waals surface area contributed by atoms with Crippen LogP contribution in [0.5, 0.6) is 0 Å². The number of fused-ring (bicyclic) bond motifs is 1. The van der Waals surface area contributed by atoms with Crippen molar-refractivity contribution in [1.82, 2.24) is 19.5 Å². The summed E-state index contributed by atoms with van der Waals surface area (Å²) >= 11 is 0. The zero-order valence-corrected chi connectivity index (χ0v) is 11.5. The molecule has 23 heavy (non-hydrogen) atoms. The van der Waals surface area contributed by atoms with Gasteiger partial charge >= 0.3 is 16.8 Å². The summed E-state index contributed by atoms with van der Waals surface area (Å²) in [4.78, 5) is 52.4. The largest absolute Gasteiger partial charge is 0.394 e. The van der Waals surface area contributed by atoms with Crippen molar-refractivity contribution in [2.45, 2.75) is 24.9 Å². The van der Waals surface area contributed by atoms with Crippen molar-refractivity contribution < 1.29 is 20.4 Å². The van der Waals surface area contributed by atoms with Crippen LogP contribution in [0.2, 0.25) is 0 Å². The molecule has 0 aliphatic rings. The molecule has 3 unspecified atom stereocenters. The normalized spacial score (nSPS) is 15.5. The van der Waals surface area contributed by atoms with Gasteiger partial charge in [-0.2, -0.15) is 0 Å². The lowest BCUT2D eigenvalue weighted by molar-refractivity contribution is -0.0805. The SMILES string of the molecule is O=c1[nH]c(=O)c2[nH]c(=O)c(=O)n(CC(O)C(O)C(O)CO)c2[nH]1. The highest BCUT2D eigenvalue weighted by atomic mass is 16.4. The maximum atomic E-state index is 11.9. The van der Waals surface area contributed by atoms with Crippen LogP contribution in [0.1, 0.15) is 0 Å². The van der Waals surface area contributed by atoms with Gasteiger partial charge in [0, 0.05) is 0 Å². The summed E-state index contributed by atoms with van der Waals surface area (Å²) in [6.07, 6.45) is -5.27. The van der Waals surface area contributed by atoms with E-state index in [-0.39, 0.29) is 5.65 Å². The number of nitrogens with one attached hydrogen (secondary N) is 3. The fraction of sp³-hybridized carbons (Fsp3) is 0.455. The van der Waals surface area contributed by atoms with E-state index in [9.17, 15) is 34.5 Å². The molecule has 0 spiro atoms. The van der Waals surface area contributed by atoms with Crippen LogP contribution in [-0.2, 0) is 6.54 Å². The van der Waals surface area contributed by atoms with E-state index in [1.807, 2.05) is 9.97 Å². The van der Waals surface area contributed by atoms with Crippen molar-refractivity contribution in [3.05, 3.63) is 41.5 Å². The molecule has 2 aromatic rings. The zero-order chi connectivity index (χ0) is 17.3. The van der Waals surface area contributed by atoms with Crippen LogP contribution in [-0.4, -0.2) is 64.9 Å². The second-order valence-electron chi connectivity index (χ2n) is 4.81. The quantitative estimate of drug-likeness (QED) is 0.264. The Kier molecular flexibility index (Phi) is 4.60. The summed E-state index contributed by atoms with van der Waals surface area (Å²) in [6.45, 7) is -1.56. The fourth-order valence-electron chi connectivity index (χ4n) is 2.02. The number of hydrogen-bond donors (Lipinski definition) is 7. The Labute approximate surface area is 125 Å². The number of nitrogens with zero attached hydrogens (tertiary/aromatic N) is 1. The highest BCUT2D eigenvalue weighted by molar-refractivity contribution is 5.67. The average Bonchev–Trinajstić information content (AvgIpc) is 2.51. The summed E-state index contributed by atoms with van der Waals surface area (Å²) in [5.41, 5.74) is -5.05.